The first kappa shape index (κ1) is 16.7. The molecule has 0 aromatic carbocycles. The fraction of sp³-hybridized carbons (Fsp3) is 0.412. The van der Waals surface area contributed by atoms with Crippen LogP contribution in [0.15, 0.2) is 46.7 Å². The Hall–Kier alpha value is -2.15. The first-order valence-corrected chi connectivity index (χ1v) is 8.91. The highest BCUT2D eigenvalue weighted by Gasteiger charge is 2.24. The minimum Gasteiger partial charge on any atom is -0.349 e. The van der Waals surface area contributed by atoms with Gasteiger partial charge in [0, 0.05) is 43.0 Å². The molecule has 1 amide bonds. The molecule has 0 saturated heterocycles. The summed E-state index contributed by atoms with van der Waals surface area (Å²) in [5.74, 6) is -0.118. The Bertz CT molecular complexity index is 755. The van der Waals surface area contributed by atoms with Gasteiger partial charge in [-0.3, -0.25) is 9.59 Å². The first-order chi connectivity index (χ1) is 11.6. The lowest BCUT2D eigenvalue weighted by Crippen LogP contribution is -2.38. The molecule has 1 N–H and O–H groups in total. The van der Waals surface area contributed by atoms with Crippen LogP contribution in [0.4, 0.5) is 0 Å². The summed E-state index contributed by atoms with van der Waals surface area (Å²) in [6.07, 6.45) is 9.04. The lowest BCUT2D eigenvalue weighted by Gasteiger charge is -2.28. The third-order valence-electron chi connectivity index (χ3n) is 4.17. The maximum Gasteiger partial charge on any atom is 0.252 e. The molecule has 1 saturated carbocycles. The van der Waals surface area contributed by atoms with Gasteiger partial charge in [0.25, 0.3) is 5.91 Å². The number of aryl methyl sites for hydroxylation is 1. The van der Waals surface area contributed by atoms with Crippen molar-refractivity contribution < 1.29 is 4.79 Å². The molecule has 0 radical (unpaired) electrons. The van der Waals surface area contributed by atoms with Crippen LogP contribution in [-0.4, -0.2) is 31.7 Å². The van der Waals surface area contributed by atoms with Crippen molar-refractivity contribution in [2.24, 2.45) is 7.05 Å². The van der Waals surface area contributed by atoms with E-state index in [1.165, 1.54) is 10.6 Å². The number of thioether (sulfide) groups is 1. The predicted octanol–water partition coefficient (Wildman–Crippen LogP) is 2.01. The number of hydrogen-bond donors (Lipinski definition) is 1. The second-order valence-corrected chi connectivity index (χ2v) is 7.23. The van der Waals surface area contributed by atoms with Gasteiger partial charge in [0.05, 0.1) is 5.56 Å². The van der Waals surface area contributed by atoms with Crippen molar-refractivity contribution in [3.63, 3.8) is 0 Å². The van der Waals surface area contributed by atoms with Gasteiger partial charge in [-0.15, -0.1) is 0 Å². The molecule has 2 aromatic heterocycles. The van der Waals surface area contributed by atoms with Crippen LogP contribution in [0.25, 0.3) is 0 Å². The second-order valence-electron chi connectivity index (χ2n) is 5.96. The van der Waals surface area contributed by atoms with Crippen molar-refractivity contribution in [3.05, 3.63) is 52.7 Å². The van der Waals surface area contributed by atoms with Crippen molar-refractivity contribution in [2.45, 2.75) is 42.1 Å². The molecule has 126 valence electrons. The van der Waals surface area contributed by atoms with Crippen LogP contribution in [0.2, 0.25) is 0 Å². The molecule has 1 aliphatic rings. The molecule has 1 fully saturated rings. The highest BCUT2D eigenvalue weighted by molar-refractivity contribution is 7.99. The van der Waals surface area contributed by atoms with Gasteiger partial charge in [-0.2, -0.15) is 0 Å². The van der Waals surface area contributed by atoms with E-state index in [0.717, 1.165) is 30.8 Å². The third-order valence-corrected chi connectivity index (χ3v) is 5.40. The maximum absolute atomic E-state index is 12.3. The lowest BCUT2D eigenvalue weighted by molar-refractivity contribution is 0.0927. The van der Waals surface area contributed by atoms with E-state index in [1.54, 1.807) is 43.5 Å². The zero-order valence-electron chi connectivity index (χ0n) is 13.5. The number of nitrogens with zero attached hydrogens (tertiary/aromatic N) is 3. The third kappa shape index (κ3) is 4.23. The summed E-state index contributed by atoms with van der Waals surface area (Å²) in [5, 5.41) is 4.38. The fourth-order valence-electron chi connectivity index (χ4n) is 2.82. The van der Waals surface area contributed by atoms with Gasteiger partial charge >= 0.3 is 0 Å². The highest BCUT2D eigenvalue weighted by atomic mass is 32.2. The molecule has 0 atom stereocenters. The number of rotatable bonds is 4. The number of carbonyl (C=O) groups excluding carboxylic acids is 1. The molecule has 0 unspecified atom stereocenters. The standard InChI is InChI=1S/C17H20N4O2S/c1-21-11-12(3-8-15(21)22)16(23)20-13-4-6-14(7-5-13)24-17-18-9-2-10-19-17/h2-3,8-11,13-14H,4-7H2,1H3,(H,20,23). The number of amides is 1. The number of pyridine rings is 1. The smallest absolute Gasteiger partial charge is 0.252 e. The van der Waals surface area contributed by atoms with Gasteiger partial charge in [0.15, 0.2) is 5.16 Å². The molecule has 7 heteroatoms. The first-order valence-electron chi connectivity index (χ1n) is 8.03. The van der Waals surface area contributed by atoms with E-state index in [-0.39, 0.29) is 17.5 Å². The Morgan fingerprint density at radius 1 is 1.21 bits per heavy atom. The van der Waals surface area contributed by atoms with Crippen molar-refractivity contribution >= 4 is 17.7 Å². The van der Waals surface area contributed by atoms with Crippen LogP contribution in [0.5, 0.6) is 0 Å². The summed E-state index contributed by atoms with van der Waals surface area (Å²) in [6, 6.07) is 4.99. The zero-order chi connectivity index (χ0) is 16.9. The van der Waals surface area contributed by atoms with Crippen molar-refractivity contribution in [1.82, 2.24) is 19.9 Å². The quantitative estimate of drug-likeness (QED) is 0.859. The van der Waals surface area contributed by atoms with E-state index in [4.69, 9.17) is 0 Å². The molecule has 6 nitrogen and oxygen atoms in total. The Morgan fingerprint density at radius 2 is 1.92 bits per heavy atom. The van der Waals surface area contributed by atoms with E-state index < -0.39 is 0 Å². The average Bonchev–Trinajstić information content (AvgIpc) is 2.60. The maximum atomic E-state index is 12.3. The van der Waals surface area contributed by atoms with E-state index >= 15 is 0 Å². The Kier molecular flexibility index (Phi) is 5.30. The topological polar surface area (TPSA) is 76.9 Å². The minimum atomic E-state index is -0.118. The van der Waals surface area contributed by atoms with Crippen molar-refractivity contribution in [2.75, 3.05) is 0 Å². The van der Waals surface area contributed by atoms with Gasteiger partial charge in [-0.05, 0) is 37.8 Å². The predicted molar refractivity (Wildman–Crippen MR) is 93.1 cm³/mol. The van der Waals surface area contributed by atoms with Gasteiger partial charge in [0.1, 0.15) is 0 Å². The zero-order valence-corrected chi connectivity index (χ0v) is 14.3. The van der Waals surface area contributed by atoms with Gasteiger partial charge in [0.2, 0.25) is 5.56 Å². The van der Waals surface area contributed by atoms with E-state index in [9.17, 15) is 9.59 Å². The molecule has 3 rings (SSSR count). The van der Waals surface area contributed by atoms with Crippen LogP contribution in [0.3, 0.4) is 0 Å². The largest absolute Gasteiger partial charge is 0.349 e. The summed E-state index contributed by atoms with van der Waals surface area (Å²) < 4.78 is 1.42. The summed E-state index contributed by atoms with van der Waals surface area (Å²) >= 11 is 1.71. The summed E-state index contributed by atoms with van der Waals surface area (Å²) in [5.41, 5.74) is 0.401. The molecule has 1 aliphatic carbocycles. The fourth-order valence-corrected chi connectivity index (χ4v) is 3.87. The van der Waals surface area contributed by atoms with E-state index in [0.29, 0.717) is 10.8 Å². The Labute approximate surface area is 144 Å². The molecule has 0 spiro atoms. The Morgan fingerprint density at radius 3 is 2.58 bits per heavy atom. The molecule has 0 aliphatic heterocycles. The van der Waals surface area contributed by atoms with E-state index in [2.05, 4.69) is 15.3 Å². The SMILES string of the molecule is Cn1cc(C(=O)NC2CCC(Sc3ncccn3)CC2)ccc1=O. The molecular formula is C17H20N4O2S. The molecule has 0 bridgehead atoms. The number of nitrogens with one attached hydrogen (secondary N) is 1. The van der Waals surface area contributed by atoms with Crippen molar-refractivity contribution in [1.29, 1.82) is 0 Å². The minimum absolute atomic E-state index is 0.118. The summed E-state index contributed by atoms with van der Waals surface area (Å²) in [4.78, 5) is 32.2. The highest BCUT2D eigenvalue weighted by Crippen LogP contribution is 2.31. The number of hydrogen-bond acceptors (Lipinski definition) is 5. The summed E-state index contributed by atoms with van der Waals surface area (Å²) in [6.45, 7) is 0. The average molecular weight is 344 g/mol. The van der Waals surface area contributed by atoms with Crippen LogP contribution >= 0.6 is 11.8 Å². The molecule has 24 heavy (non-hydrogen) atoms. The van der Waals surface area contributed by atoms with Gasteiger partial charge < -0.3 is 9.88 Å². The van der Waals surface area contributed by atoms with Gasteiger partial charge in [-0.1, -0.05) is 11.8 Å². The van der Waals surface area contributed by atoms with Gasteiger partial charge in [-0.25, -0.2) is 9.97 Å². The van der Waals surface area contributed by atoms with E-state index in [1.807, 2.05) is 6.07 Å². The molecule has 2 aromatic rings. The lowest BCUT2D eigenvalue weighted by atomic mass is 9.95. The van der Waals surface area contributed by atoms with Crippen LogP contribution in [-0.2, 0) is 7.05 Å². The van der Waals surface area contributed by atoms with Crippen LogP contribution in [0, 0.1) is 0 Å². The second kappa shape index (κ2) is 7.61. The molecular weight excluding hydrogens is 324 g/mol. The van der Waals surface area contributed by atoms with Crippen LogP contribution < -0.4 is 10.9 Å². The summed E-state index contributed by atoms with van der Waals surface area (Å²) in [7, 11) is 1.65. The normalized spacial score (nSPS) is 20.5. The number of carbonyl (C=O) groups is 1. The molecule has 2 heterocycles. The number of aromatic nitrogens is 3. The van der Waals surface area contributed by atoms with Crippen molar-refractivity contribution in [3.8, 4) is 0 Å². The monoisotopic (exact) mass is 344 g/mol. The van der Waals surface area contributed by atoms with Crippen LogP contribution in [0.1, 0.15) is 36.0 Å². The Balaban J connectivity index is 1.50.